The maximum Gasteiger partial charge on any atom is -0.00358 e. The van der Waals surface area contributed by atoms with E-state index in [1.807, 2.05) is 0 Å². The van der Waals surface area contributed by atoms with Crippen LogP contribution in [-0.4, -0.2) is 0 Å². The van der Waals surface area contributed by atoms with Crippen LogP contribution < -0.4 is 5.32 Å². The van der Waals surface area contributed by atoms with Crippen LogP contribution in [0.2, 0.25) is 0 Å². The second-order valence-electron chi connectivity index (χ2n) is 11.7. The molecule has 1 heteroatoms. The Kier molecular flexibility index (Phi) is 34.6. The molecule has 0 atom stereocenters. The van der Waals surface area contributed by atoms with E-state index in [1.165, 1.54) is 193 Å². The molecule has 0 amide bonds. The minimum absolute atomic E-state index is 1.22. The Bertz CT molecular complexity index is 398. The predicted octanol–water partition coefficient (Wildman–Crippen LogP) is 13.3. The van der Waals surface area contributed by atoms with Gasteiger partial charge in [0.1, 0.15) is 0 Å². The maximum absolute atomic E-state index is 3.32. The molecular formula is C36H71N. The Morgan fingerprint density at radius 3 is 0.757 bits per heavy atom. The Labute approximate surface area is 236 Å². The van der Waals surface area contributed by atoms with Crippen molar-refractivity contribution in [3.63, 3.8) is 0 Å². The Morgan fingerprint density at radius 2 is 0.514 bits per heavy atom. The lowest BCUT2D eigenvalue weighted by atomic mass is 10.0. The lowest BCUT2D eigenvalue weighted by molar-refractivity contribution is 0.536. The third-order valence-corrected chi connectivity index (χ3v) is 7.88. The third-order valence-electron chi connectivity index (χ3n) is 7.88. The van der Waals surface area contributed by atoms with E-state index in [9.17, 15) is 0 Å². The van der Waals surface area contributed by atoms with Crippen molar-refractivity contribution in [1.29, 1.82) is 0 Å². The Balaban J connectivity index is 3.14. The highest BCUT2D eigenvalue weighted by Gasteiger charge is 1.95. The highest BCUT2D eigenvalue weighted by Crippen LogP contribution is 2.14. The summed E-state index contributed by atoms with van der Waals surface area (Å²) in [4.78, 5) is 0. The van der Waals surface area contributed by atoms with Gasteiger partial charge in [-0.05, 0) is 38.1 Å². The molecule has 1 N–H and O–H groups in total. The van der Waals surface area contributed by atoms with Gasteiger partial charge in [-0.3, -0.25) is 0 Å². The normalized spacial score (nSPS) is 11.8. The van der Waals surface area contributed by atoms with Gasteiger partial charge >= 0.3 is 0 Å². The average Bonchev–Trinajstić information content (AvgIpc) is 2.91. The molecule has 0 aromatic heterocycles. The second kappa shape index (κ2) is 35.3. The smallest absolute Gasteiger partial charge is 0.00358 e. The van der Waals surface area contributed by atoms with Crippen LogP contribution in [0.25, 0.3) is 0 Å². The third kappa shape index (κ3) is 35.3. The SMILES string of the molecule is CCCCCCCCCCCCCCCC/C=C/N/C=C/CCCCCCCCCCCCCCCC. The molecule has 0 aliphatic rings. The lowest BCUT2D eigenvalue weighted by Crippen LogP contribution is -1.91. The second-order valence-corrected chi connectivity index (χ2v) is 11.7. The summed E-state index contributed by atoms with van der Waals surface area (Å²) in [6.45, 7) is 4.60. The molecule has 0 saturated carbocycles. The van der Waals surface area contributed by atoms with Crippen LogP contribution in [0.5, 0.6) is 0 Å². The first kappa shape index (κ1) is 36.3. The van der Waals surface area contributed by atoms with Crippen LogP contribution in [-0.2, 0) is 0 Å². The molecule has 0 radical (unpaired) electrons. The summed E-state index contributed by atoms with van der Waals surface area (Å²) in [6.07, 6.45) is 51.6. The van der Waals surface area contributed by atoms with E-state index >= 15 is 0 Å². The van der Waals surface area contributed by atoms with E-state index in [0.29, 0.717) is 0 Å². The zero-order chi connectivity index (χ0) is 26.7. The fourth-order valence-electron chi connectivity index (χ4n) is 5.27. The Hall–Kier alpha value is -0.720. The summed E-state index contributed by atoms with van der Waals surface area (Å²) in [5.74, 6) is 0. The van der Waals surface area contributed by atoms with Gasteiger partial charge in [0.25, 0.3) is 0 Å². The summed E-state index contributed by atoms with van der Waals surface area (Å²) >= 11 is 0. The minimum atomic E-state index is 1.22. The molecule has 0 aromatic rings. The lowest BCUT2D eigenvalue weighted by Gasteiger charge is -2.03. The maximum atomic E-state index is 3.32. The summed E-state index contributed by atoms with van der Waals surface area (Å²) in [7, 11) is 0. The van der Waals surface area contributed by atoms with E-state index in [2.05, 4.69) is 43.7 Å². The van der Waals surface area contributed by atoms with Gasteiger partial charge in [0.2, 0.25) is 0 Å². The number of unbranched alkanes of at least 4 members (excludes halogenated alkanes) is 28. The van der Waals surface area contributed by atoms with Gasteiger partial charge < -0.3 is 5.32 Å². The first-order chi connectivity index (χ1) is 18.4. The monoisotopic (exact) mass is 518 g/mol. The van der Waals surface area contributed by atoms with Gasteiger partial charge in [0.05, 0.1) is 0 Å². The van der Waals surface area contributed by atoms with Gasteiger partial charge in [0, 0.05) is 0 Å². The summed E-state index contributed by atoms with van der Waals surface area (Å²) in [5.41, 5.74) is 0. The van der Waals surface area contributed by atoms with Crippen molar-refractivity contribution in [2.45, 2.75) is 206 Å². The van der Waals surface area contributed by atoms with Gasteiger partial charge in [-0.1, -0.05) is 193 Å². The molecule has 0 unspecified atom stereocenters. The van der Waals surface area contributed by atoms with Crippen LogP contribution >= 0.6 is 0 Å². The minimum Gasteiger partial charge on any atom is -0.368 e. The number of nitrogens with one attached hydrogen (secondary N) is 1. The quantitative estimate of drug-likeness (QED) is 0.0874. The van der Waals surface area contributed by atoms with E-state index in [-0.39, 0.29) is 0 Å². The summed E-state index contributed by atoms with van der Waals surface area (Å²) < 4.78 is 0. The number of hydrogen-bond acceptors (Lipinski definition) is 1. The molecule has 0 spiro atoms. The largest absolute Gasteiger partial charge is 0.368 e. The molecule has 220 valence electrons. The molecule has 37 heavy (non-hydrogen) atoms. The van der Waals surface area contributed by atoms with Crippen LogP contribution in [0, 0.1) is 0 Å². The number of rotatable bonds is 32. The topological polar surface area (TPSA) is 12.0 Å². The van der Waals surface area contributed by atoms with Crippen molar-refractivity contribution in [3.8, 4) is 0 Å². The number of allylic oxidation sites excluding steroid dienone is 2. The summed E-state index contributed by atoms with van der Waals surface area (Å²) in [5, 5.41) is 3.32. The van der Waals surface area contributed by atoms with Gasteiger partial charge in [-0.2, -0.15) is 0 Å². The molecule has 0 heterocycles. The van der Waals surface area contributed by atoms with Crippen molar-refractivity contribution in [2.24, 2.45) is 0 Å². The predicted molar refractivity (Wildman–Crippen MR) is 171 cm³/mol. The molecule has 0 aromatic carbocycles. The van der Waals surface area contributed by atoms with E-state index in [1.54, 1.807) is 0 Å². The van der Waals surface area contributed by atoms with Crippen molar-refractivity contribution in [3.05, 3.63) is 24.6 Å². The molecular weight excluding hydrogens is 446 g/mol. The van der Waals surface area contributed by atoms with E-state index in [0.717, 1.165) is 0 Å². The van der Waals surface area contributed by atoms with Crippen molar-refractivity contribution in [2.75, 3.05) is 0 Å². The fraction of sp³-hybridized carbons (Fsp3) is 0.889. The Morgan fingerprint density at radius 1 is 0.297 bits per heavy atom. The van der Waals surface area contributed by atoms with E-state index in [4.69, 9.17) is 0 Å². The van der Waals surface area contributed by atoms with Gasteiger partial charge in [-0.25, -0.2) is 0 Å². The molecule has 0 aliphatic heterocycles. The molecule has 0 aliphatic carbocycles. The number of hydrogen-bond donors (Lipinski definition) is 1. The van der Waals surface area contributed by atoms with Crippen LogP contribution in [0.3, 0.4) is 0 Å². The molecule has 0 rings (SSSR count). The van der Waals surface area contributed by atoms with Gasteiger partial charge in [0.15, 0.2) is 0 Å². The van der Waals surface area contributed by atoms with Gasteiger partial charge in [-0.15, -0.1) is 0 Å². The van der Waals surface area contributed by atoms with Crippen molar-refractivity contribution in [1.82, 2.24) is 5.32 Å². The highest BCUT2D eigenvalue weighted by atomic mass is 14.8. The van der Waals surface area contributed by atoms with E-state index < -0.39 is 0 Å². The molecule has 0 fully saturated rings. The molecule has 1 nitrogen and oxygen atoms in total. The highest BCUT2D eigenvalue weighted by molar-refractivity contribution is 4.88. The zero-order valence-corrected chi connectivity index (χ0v) is 26.0. The van der Waals surface area contributed by atoms with Crippen molar-refractivity contribution < 1.29 is 0 Å². The van der Waals surface area contributed by atoms with Crippen LogP contribution in [0.15, 0.2) is 24.6 Å². The fourth-order valence-corrected chi connectivity index (χ4v) is 5.27. The molecule has 0 saturated heterocycles. The first-order valence-corrected chi connectivity index (χ1v) is 17.5. The summed E-state index contributed by atoms with van der Waals surface area (Å²) in [6, 6.07) is 0. The van der Waals surface area contributed by atoms with Crippen LogP contribution in [0.4, 0.5) is 0 Å². The molecule has 0 bridgehead atoms. The first-order valence-electron chi connectivity index (χ1n) is 17.5. The zero-order valence-electron chi connectivity index (χ0n) is 26.0. The van der Waals surface area contributed by atoms with Crippen LogP contribution in [0.1, 0.15) is 206 Å². The average molecular weight is 518 g/mol. The standard InChI is InChI=1S/C36H71N/c1-3-5-7-9-11-13-15-17-19-21-23-25-27-29-31-33-35-37-36-34-32-30-28-26-24-22-20-18-16-14-12-10-8-6-4-2/h33-37H,3-32H2,1-2H3/b35-33+,36-34+. The van der Waals surface area contributed by atoms with Crippen molar-refractivity contribution >= 4 is 0 Å².